The molecule has 0 saturated heterocycles. The molecule has 3 rings (SSSR count). The third-order valence-electron chi connectivity index (χ3n) is 4.49. The van der Waals surface area contributed by atoms with E-state index in [0.29, 0.717) is 40.2 Å². The summed E-state index contributed by atoms with van der Waals surface area (Å²) in [5, 5.41) is 29.2. The summed E-state index contributed by atoms with van der Waals surface area (Å²) in [5.41, 5.74) is 2.09. The van der Waals surface area contributed by atoms with Gasteiger partial charge in [-0.2, -0.15) is 0 Å². The molecule has 8 heteroatoms. The van der Waals surface area contributed by atoms with Gasteiger partial charge in [-0.1, -0.05) is 13.8 Å². The predicted octanol–water partition coefficient (Wildman–Crippen LogP) is 3.83. The van der Waals surface area contributed by atoms with Crippen molar-refractivity contribution in [1.82, 2.24) is 14.8 Å². The quantitative estimate of drug-likeness (QED) is 0.544. The maximum Gasteiger partial charge on any atom is 0.188 e. The number of hydrogen-bond acceptors (Lipinski definition) is 7. The Kier molecular flexibility index (Phi) is 5.69. The van der Waals surface area contributed by atoms with Crippen LogP contribution in [0.4, 0.5) is 0 Å². The molecule has 0 aliphatic rings. The standard InChI is InChI=1S/C20H23N3O4S/c1-11(2)15-8-16(18(25)9-17(15)24)19-21-22-20(28)23(19)10-12-5-13(26-3)7-14(6-12)27-4/h5-9,11,24-25H,10H2,1-4H3,(H,22,28). The van der Waals surface area contributed by atoms with Gasteiger partial charge in [-0.05, 0) is 35.2 Å². The monoisotopic (exact) mass is 401 g/mol. The highest BCUT2D eigenvalue weighted by atomic mass is 32.1. The molecule has 2 aromatic carbocycles. The number of nitrogens with zero attached hydrogens (tertiary/aromatic N) is 3. The Morgan fingerprint density at radius 1 is 0.964 bits per heavy atom. The van der Waals surface area contributed by atoms with Gasteiger partial charge in [0.25, 0.3) is 0 Å². The average Bonchev–Trinajstić information content (AvgIpc) is 3.01. The van der Waals surface area contributed by atoms with Gasteiger partial charge in [0.05, 0.1) is 26.3 Å². The summed E-state index contributed by atoms with van der Waals surface area (Å²) >= 11 is 4.41. The summed E-state index contributed by atoms with van der Waals surface area (Å²) in [6, 6.07) is 8.62. The molecule has 0 spiro atoms. The smallest absolute Gasteiger partial charge is 0.188 e. The third kappa shape index (κ3) is 3.87. The van der Waals surface area contributed by atoms with Gasteiger partial charge in [0.1, 0.15) is 23.0 Å². The zero-order valence-corrected chi connectivity index (χ0v) is 17.1. The van der Waals surface area contributed by atoms with E-state index in [-0.39, 0.29) is 17.4 Å². The molecule has 7 nitrogen and oxygen atoms in total. The van der Waals surface area contributed by atoms with Crippen molar-refractivity contribution in [3.05, 3.63) is 41.5 Å². The Labute approximate surface area is 169 Å². The van der Waals surface area contributed by atoms with Crippen LogP contribution >= 0.6 is 12.6 Å². The second-order valence-electron chi connectivity index (χ2n) is 6.71. The number of ether oxygens (including phenoxy) is 2. The SMILES string of the molecule is COc1cc(Cn2c(S)nnc2-c2cc(C(C)C)c(O)cc2O)cc(OC)c1. The molecule has 28 heavy (non-hydrogen) atoms. The topological polar surface area (TPSA) is 89.6 Å². The normalized spacial score (nSPS) is 11.1. The first-order chi connectivity index (χ1) is 13.3. The second kappa shape index (κ2) is 8.02. The van der Waals surface area contributed by atoms with Gasteiger partial charge in [0, 0.05) is 12.1 Å². The summed E-state index contributed by atoms with van der Waals surface area (Å²) in [6.07, 6.45) is 0. The van der Waals surface area contributed by atoms with Crippen LogP contribution in [0, 0.1) is 0 Å². The van der Waals surface area contributed by atoms with E-state index in [0.717, 1.165) is 5.56 Å². The minimum Gasteiger partial charge on any atom is -0.508 e. The van der Waals surface area contributed by atoms with Crippen molar-refractivity contribution in [2.45, 2.75) is 31.5 Å². The molecule has 1 heterocycles. The first-order valence-corrected chi connectivity index (χ1v) is 9.19. The van der Waals surface area contributed by atoms with E-state index in [2.05, 4.69) is 22.8 Å². The van der Waals surface area contributed by atoms with Gasteiger partial charge >= 0.3 is 0 Å². The van der Waals surface area contributed by atoms with Crippen LogP contribution < -0.4 is 9.47 Å². The molecule has 2 N–H and O–H groups in total. The Morgan fingerprint density at radius 3 is 2.18 bits per heavy atom. The van der Waals surface area contributed by atoms with Crippen molar-refractivity contribution in [3.8, 4) is 34.4 Å². The number of aromatic hydroxyl groups is 2. The summed E-state index contributed by atoms with van der Waals surface area (Å²) < 4.78 is 12.4. The molecule has 3 aromatic rings. The zero-order valence-electron chi connectivity index (χ0n) is 16.2. The lowest BCUT2D eigenvalue weighted by molar-refractivity contribution is 0.393. The largest absolute Gasteiger partial charge is 0.508 e. The van der Waals surface area contributed by atoms with E-state index < -0.39 is 0 Å². The van der Waals surface area contributed by atoms with E-state index in [1.807, 2.05) is 26.0 Å². The van der Waals surface area contributed by atoms with Crippen LogP contribution in [0.5, 0.6) is 23.0 Å². The average molecular weight is 401 g/mol. The van der Waals surface area contributed by atoms with Crippen LogP contribution in [0.1, 0.15) is 30.9 Å². The fourth-order valence-corrected chi connectivity index (χ4v) is 3.23. The lowest BCUT2D eigenvalue weighted by Crippen LogP contribution is -2.04. The van der Waals surface area contributed by atoms with Crippen molar-refractivity contribution in [3.63, 3.8) is 0 Å². The molecule has 0 amide bonds. The summed E-state index contributed by atoms with van der Waals surface area (Å²) in [5.74, 6) is 1.83. The molecule has 0 aliphatic carbocycles. The van der Waals surface area contributed by atoms with Crippen molar-refractivity contribution in [2.75, 3.05) is 14.2 Å². The molecule has 0 saturated carbocycles. The Hall–Kier alpha value is -2.87. The lowest BCUT2D eigenvalue weighted by atomic mass is 9.98. The first-order valence-electron chi connectivity index (χ1n) is 8.74. The number of hydrogen-bond donors (Lipinski definition) is 3. The maximum absolute atomic E-state index is 10.4. The Bertz CT molecular complexity index is 979. The highest BCUT2D eigenvalue weighted by Gasteiger charge is 2.19. The van der Waals surface area contributed by atoms with Gasteiger partial charge < -0.3 is 19.7 Å². The number of phenolic OH excluding ortho intramolecular Hbond substituents is 2. The molecular formula is C20H23N3O4S. The lowest BCUT2D eigenvalue weighted by Gasteiger charge is -2.14. The molecule has 0 fully saturated rings. The van der Waals surface area contributed by atoms with E-state index in [1.165, 1.54) is 6.07 Å². The molecule has 0 bridgehead atoms. The molecule has 0 unspecified atom stereocenters. The summed E-state index contributed by atoms with van der Waals surface area (Å²) in [7, 11) is 3.18. The minimum atomic E-state index is -0.0768. The fourth-order valence-electron chi connectivity index (χ4n) is 3.02. The van der Waals surface area contributed by atoms with Crippen molar-refractivity contribution < 1.29 is 19.7 Å². The van der Waals surface area contributed by atoms with E-state index in [1.54, 1.807) is 30.9 Å². The van der Waals surface area contributed by atoms with Gasteiger partial charge in [-0.3, -0.25) is 4.57 Å². The van der Waals surface area contributed by atoms with Crippen LogP contribution in [0.2, 0.25) is 0 Å². The number of thiol groups is 1. The van der Waals surface area contributed by atoms with Gasteiger partial charge in [-0.15, -0.1) is 22.8 Å². The summed E-state index contributed by atoms with van der Waals surface area (Å²) in [4.78, 5) is 0. The molecule has 0 radical (unpaired) electrons. The van der Waals surface area contributed by atoms with Gasteiger partial charge in [0.2, 0.25) is 0 Å². The van der Waals surface area contributed by atoms with Crippen LogP contribution in [-0.4, -0.2) is 39.2 Å². The number of benzene rings is 2. The van der Waals surface area contributed by atoms with Gasteiger partial charge in [0.15, 0.2) is 11.0 Å². The number of phenols is 2. The van der Waals surface area contributed by atoms with E-state index in [4.69, 9.17) is 9.47 Å². The molecule has 0 aliphatic heterocycles. The fraction of sp³-hybridized carbons (Fsp3) is 0.300. The van der Waals surface area contributed by atoms with Crippen molar-refractivity contribution in [1.29, 1.82) is 0 Å². The minimum absolute atomic E-state index is 0.0472. The highest BCUT2D eigenvalue weighted by Crippen LogP contribution is 2.38. The van der Waals surface area contributed by atoms with Crippen LogP contribution in [0.15, 0.2) is 35.5 Å². The Balaban J connectivity index is 2.08. The molecular weight excluding hydrogens is 378 g/mol. The number of aromatic nitrogens is 3. The van der Waals surface area contributed by atoms with Crippen LogP contribution in [0.25, 0.3) is 11.4 Å². The maximum atomic E-state index is 10.4. The number of methoxy groups -OCH3 is 2. The van der Waals surface area contributed by atoms with Crippen molar-refractivity contribution in [2.24, 2.45) is 0 Å². The number of rotatable bonds is 6. The highest BCUT2D eigenvalue weighted by molar-refractivity contribution is 7.80. The van der Waals surface area contributed by atoms with Crippen LogP contribution in [-0.2, 0) is 6.54 Å². The molecule has 148 valence electrons. The third-order valence-corrected chi connectivity index (χ3v) is 4.82. The predicted molar refractivity (Wildman–Crippen MR) is 109 cm³/mol. The Morgan fingerprint density at radius 2 is 1.61 bits per heavy atom. The van der Waals surface area contributed by atoms with Crippen molar-refractivity contribution >= 4 is 12.6 Å². The second-order valence-corrected chi connectivity index (χ2v) is 7.11. The van der Waals surface area contributed by atoms with E-state index >= 15 is 0 Å². The molecule has 0 atom stereocenters. The van der Waals surface area contributed by atoms with Gasteiger partial charge in [-0.25, -0.2) is 0 Å². The van der Waals surface area contributed by atoms with Crippen LogP contribution in [0.3, 0.4) is 0 Å². The zero-order chi connectivity index (χ0) is 20.4. The van der Waals surface area contributed by atoms with E-state index in [9.17, 15) is 10.2 Å². The molecule has 1 aromatic heterocycles. The summed E-state index contributed by atoms with van der Waals surface area (Å²) in [6.45, 7) is 4.33. The first kappa shape index (κ1) is 19.9.